The summed E-state index contributed by atoms with van der Waals surface area (Å²) in [6.07, 6.45) is 0. The first-order valence-corrected chi connectivity index (χ1v) is 6.07. The van der Waals surface area contributed by atoms with Crippen LogP contribution in [0.2, 0.25) is 0 Å². The highest BCUT2D eigenvalue weighted by Crippen LogP contribution is 2.19. The molecule has 1 aromatic carbocycles. The molecule has 1 heterocycles. The van der Waals surface area contributed by atoms with Gasteiger partial charge in [0.1, 0.15) is 5.75 Å². The fraction of sp³-hybridized carbons (Fsp3) is 0.455. The summed E-state index contributed by atoms with van der Waals surface area (Å²) in [5.74, 6) is 1.85. The molecule has 3 nitrogen and oxygen atoms in total. The van der Waals surface area contributed by atoms with Crippen molar-refractivity contribution in [1.29, 1.82) is 0 Å². The molecule has 0 unspecified atom stereocenters. The quantitative estimate of drug-likeness (QED) is 0.613. The molecule has 0 spiro atoms. The summed E-state index contributed by atoms with van der Waals surface area (Å²) in [6, 6.07) is 7.52. The van der Waals surface area contributed by atoms with Crippen LogP contribution in [0, 0.1) is 0 Å². The molecule has 4 heteroatoms. The van der Waals surface area contributed by atoms with Crippen LogP contribution in [0.1, 0.15) is 0 Å². The lowest BCUT2D eigenvalue weighted by Crippen LogP contribution is -2.31. The number of hydrogen-bond acceptors (Lipinski definition) is 4. The Labute approximate surface area is 93.9 Å². The van der Waals surface area contributed by atoms with Crippen molar-refractivity contribution in [3.8, 4) is 5.75 Å². The molecule has 15 heavy (non-hydrogen) atoms. The third kappa shape index (κ3) is 3.32. The average Bonchev–Trinajstić information content (AvgIpc) is 2.15. The predicted molar refractivity (Wildman–Crippen MR) is 63.4 cm³/mol. The second-order valence-corrected chi connectivity index (χ2v) is 4.86. The van der Waals surface area contributed by atoms with E-state index in [1.165, 1.54) is 0 Å². The lowest BCUT2D eigenvalue weighted by atomic mass is 10.3. The fourth-order valence-electron chi connectivity index (χ4n) is 1.29. The molecule has 82 valence electrons. The van der Waals surface area contributed by atoms with Gasteiger partial charge < -0.3 is 15.2 Å². The van der Waals surface area contributed by atoms with Gasteiger partial charge in [-0.05, 0) is 12.1 Å². The number of ether oxygens (including phenoxy) is 2. The Morgan fingerprint density at radius 3 is 3.00 bits per heavy atom. The Balaban J connectivity index is 1.64. The minimum atomic E-state index is 0.675. The van der Waals surface area contributed by atoms with Crippen molar-refractivity contribution < 1.29 is 9.47 Å². The van der Waals surface area contributed by atoms with E-state index in [0.29, 0.717) is 5.25 Å². The zero-order valence-electron chi connectivity index (χ0n) is 8.52. The maximum absolute atomic E-state index is 5.64. The summed E-state index contributed by atoms with van der Waals surface area (Å²) in [6.45, 7) is 2.51. The molecule has 0 bridgehead atoms. The lowest BCUT2D eigenvalue weighted by molar-refractivity contribution is 0.0454. The van der Waals surface area contributed by atoms with Gasteiger partial charge in [-0.2, -0.15) is 11.8 Å². The van der Waals surface area contributed by atoms with E-state index in [0.717, 1.165) is 37.0 Å². The van der Waals surface area contributed by atoms with Gasteiger partial charge in [-0.1, -0.05) is 6.07 Å². The summed E-state index contributed by atoms with van der Waals surface area (Å²) in [7, 11) is 0. The Morgan fingerprint density at radius 1 is 1.47 bits per heavy atom. The molecular weight excluding hydrogens is 210 g/mol. The van der Waals surface area contributed by atoms with E-state index in [-0.39, 0.29) is 0 Å². The number of hydrogen-bond donors (Lipinski definition) is 1. The molecule has 0 aromatic heterocycles. The van der Waals surface area contributed by atoms with Gasteiger partial charge in [0.2, 0.25) is 0 Å². The van der Waals surface area contributed by atoms with Crippen LogP contribution in [-0.2, 0) is 4.74 Å². The molecule has 0 atom stereocenters. The van der Waals surface area contributed by atoms with Crippen LogP contribution in [0.25, 0.3) is 0 Å². The van der Waals surface area contributed by atoms with Gasteiger partial charge >= 0.3 is 0 Å². The predicted octanol–water partition coefficient (Wildman–Crippen LogP) is 1.78. The highest BCUT2D eigenvalue weighted by molar-refractivity contribution is 8.00. The number of thioether (sulfide) groups is 1. The van der Waals surface area contributed by atoms with Crippen LogP contribution in [0.15, 0.2) is 24.3 Å². The summed E-state index contributed by atoms with van der Waals surface area (Å²) < 4.78 is 10.7. The van der Waals surface area contributed by atoms with E-state index < -0.39 is 0 Å². The first-order valence-electron chi connectivity index (χ1n) is 5.02. The van der Waals surface area contributed by atoms with Crippen LogP contribution in [0.5, 0.6) is 5.75 Å². The van der Waals surface area contributed by atoms with Crippen LogP contribution < -0.4 is 10.5 Å². The monoisotopic (exact) mass is 225 g/mol. The summed E-state index contributed by atoms with van der Waals surface area (Å²) in [5.41, 5.74) is 6.38. The van der Waals surface area contributed by atoms with Crippen molar-refractivity contribution in [3.05, 3.63) is 24.3 Å². The minimum Gasteiger partial charge on any atom is -0.493 e. The van der Waals surface area contributed by atoms with Crippen molar-refractivity contribution in [2.45, 2.75) is 5.25 Å². The van der Waals surface area contributed by atoms with Crippen molar-refractivity contribution in [2.75, 3.05) is 31.3 Å². The van der Waals surface area contributed by atoms with Gasteiger partial charge in [0.25, 0.3) is 0 Å². The van der Waals surface area contributed by atoms with E-state index in [2.05, 4.69) is 0 Å². The van der Waals surface area contributed by atoms with Gasteiger partial charge in [0.05, 0.1) is 25.1 Å². The Kier molecular flexibility index (Phi) is 3.75. The standard InChI is InChI=1S/C11H15NO2S/c12-9-2-1-3-10(6-9)14-4-5-15-11-7-13-8-11/h1-3,6,11H,4-5,7-8,12H2. The molecule has 0 aliphatic carbocycles. The van der Waals surface area contributed by atoms with Crippen LogP contribution >= 0.6 is 11.8 Å². The fourth-order valence-corrected chi connectivity index (χ4v) is 2.19. The maximum Gasteiger partial charge on any atom is 0.121 e. The van der Waals surface area contributed by atoms with Gasteiger partial charge in [0, 0.05) is 17.5 Å². The Bertz CT molecular complexity index is 315. The summed E-state index contributed by atoms with van der Waals surface area (Å²) >= 11 is 1.91. The molecule has 2 rings (SSSR count). The molecule has 1 aromatic rings. The second kappa shape index (κ2) is 5.28. The van der Waals surface area contributed by atoms with E-state index in [1.807, 2.05) is 36.0 Å². The van der Waals surface area contributed by atoms with E-state index in [1.54, 1.807) is 0 Å². The van der Waals surface area contributed by atoms with Crippen molar-refractivity contribution in [1.82, 2.24) is 0 Å². The summed E-state index contributed by atoms with van der Waals surface area (Å²) in [5, 5.41) is 0.675. The first kappa shape index (κ1) is 10.6. The topological polar surface area (TPSA) is 44.5 Å². The molecular formula is C11H15NO2S. The largest absolute Gasteiger partial charge is 0.493 e. The molecule has 2 N–H and O–H groups in total. The third-order valence-electron chi connectivity index (χ3n) is 2.17. The zero-order chi connectivity index (χ0) is 10.5. The lowest BCUT2D eigenvalue weighted by Gasteiger charge is -2.25. The van der Waals surface area contributed by atoms with Crippen LogP contribution in [0.3, 0.4) is 0 Å². The molecule has 1 fully saturated rings. The molecule has 0 amide bonds. The number of nitrogen functional groups attached to an aromatic ring is 1. The second-order valence-electron chi connectivity index (χ2n) is 3.45. The van der Waals surface area contributed by atoms with Crippen LogP contribution in [-0.4, -0.2) is 30.8 Å². The Hall–Kier alpha value is -0.870. The number of nitrogens with two attached hydrogens (primary N) is 1. The third-order valence-corrected chi connectivity index (χ3v) is 3.32. The highest BCUT2D eigenvalue weighted by atomic mass is 32.2. The molecule has 1 aliphatic heterocycles. The molecule has 0 radical (unpaired) electrons. The van der Waals surface area contributed by atoms with Gasteiger partial charge in [0.15, 0.2) is 0 Å². The normalized spacial score (nSPS) is 16.0. The van der Waals surface area contributed by atoms with Crippen molar-refractivity contribution in [3.63, 3.8) is 0 Å². The van der Waals surface area contributed by atoms with E-state index >= 15 is 0 Å². The summed E-state index contributed by atoms with van der Waals surface area (Å²) in [4.78, 5) is 0. The minimum absolute atomic E-state index is 0.675. The van der Waals surface area contributed by atoms with E-state index in [4.69, 9.17) is 15.2 Å². The number of benzene rings is 1. The van der Waals surface area contributed by atoms with Gasteiger partial charge in [-0.25, -0.2) is 0 Å². The first-order chi connectivity index (χ1) is 7.34. The Morgan fingerprint density at radius 2 is 2.33 bits per heavy atom. The van der Waals surface area contributed by atoms with Crippen LogP contribution in [0.4, 0.5) is 5.69 Å². The molecule has 0 saturated carbocycles. The average molecular weight is 225 g/mol. The SMILES string of the molecule is Nc1cccc(OCCSC2COC2)c1. The van der Waals surface area contributed by atoms with Crippen molar-refractivity contribution in [2.24, 2.45) is 0 Å². The zero-order valence-corrected chi connectivity index (χ0v) is 9.33. The van der Waals surface area contributed by atoms with E-state index in [9.17, 15) is 0 Å². The van der Waals surface area contributed by atoms with Gasteiger partial charge in [-0.3, -0.25) is 0 Å². The maximum atomic E-state index is 5.64. The molecule has 1 aliphatic rings. The highest BCUT2D eigenvalue weighted by Gasteiger charge is 2.17. The van der Waals surface area contributed by atoms with Gasteiger partial charge in [-0.15, -0.1) is 0 Å². The number of anilines is 1. The molecule has 1 saturated heterocycles. The van der Waals surface area contributed by atoms with Crippen molar-refractivity contribution >= 4 is 17.4 Å². The smallest absolute Gasteiger partial charge is 0.121 e. The number of rotatable bonds is 5.